The predicted molar refractivity (Wildman–Crippen MR) is 75.7 cm³/mol. The summed E-state index contributed by atoms with van der Waals surface area (Å²) in [7, 11) is 0. The second-order valence-corrected chi connectivity index (χ2v) is 4.50. The average Bonchev–Trinajstić information content (AvgIpc) is 2.99. The first kappa shape index (κ1) is 14.9. The van der Waals surface area contributed by atoms with Crippen LogP contribution in [0, 0.1) is 11.8 Å². The third-order valence-electron chi connectivity index (χ3n) is 2.92. The van der Waals surface area contributed by atoms with Crippen molar-refractivity contribution in [1.29, 1.82) is 0 Å². The Hall–Kier alpha value is -1.54. The van der Waals surface area contributed by atoms with Crippen LogP contribution in [-0.2, 0) is 9.47 Å². The number of ether oxygens (including phenoxy) is 3. The quantitative estimate of drug-likeness (QED) is 0.633. The molecular weight excluding hydrogens is 256 g/mol. The molecule has 0 bridgehead atoms. The molecule has 1 N–H and O–H groups in total. The van der Waals surface area contributed by atoms with Gasteiger partial charge in [-0.2, -0.15) is 0 Å². The maximum atomic E-state index is 8.65. The number of benzene rings is 1. The summed E-state index contributed by atoms with van der Waals surface area (Å²) in [5, 5.41) is 8.65. The average molecular weight is 276 g/mol. The smallest absolute Gasteiger partial charge is 0.119 e. The number of aliphatic hydroxyl groups is 1. The molecule has 1 fully saturated rings. The van der Waals surface area contributed by atoms with Gasteiger partial charge < -0.3 is 19.3 Å². The van der Waals surface area contributed by atoms with Crippen LogP contribution in [0.25, 0.3) is 0 Å². The molecule has 1 aromatic carbocycles. The zero-order valence-electron chi connectivity index (χ0n) is 11.5. The normalized spacial score (nSPS) is 17.6. The van der Waals surface area contributed by atoms with E-state index in [0.717, 1.165) is 24.3 Å². The fraction of sp³-hybridized carbons (Fsp3) is 0.500. The molecule has 0 spiro atoms. The van der Waals surface area contributed by atoms with Gasteiger partial charge in [-0.1, -0.05) is 11.8 Å². The summed E-state index contributed by atoms with van der Waals surface area (Å²) in [6, 6.07) is 7.60. The van der Waals surface area contributed by atoms with Gasteiger partial charge in [0.05, 0.1) is 25.9 Å². The number of hydrogen-bond donors (Lipinski definition) is 1. The molecule has 0 amide bonds. The summed E-state index contributed by atoms with van der Waals surface area (Å²) in [6.45, 7) is 2.70. The van der Waals surface area contributed by atoms with E-state index in [0.29, 0.717) is 26.2 Å². The summed E-state index contributed by atoms with van der Waals surface area (Å²) in [4.78, 5) is 0. The van der Waals surface area contributed by atoms with E-state index in [4.69, 9.17) is 19.3 Å². The van der Waals surface area contributed by atoms with Crippen LogP contribution in [0.1, 0.15) is 18.4 Å². The van der Waals surface area contributed by atoms with E-state index in [1.807, 2.05) is 24.3 Å². The highest BCUT2D eigenvalue weighted by molar-refractivity contribution is 5.38. The van der Waals surface area contributed by atoms with Crippen molar-refractivity contribution in [3.63, 3.8) is 0 Å². The lowest BCUT2D eigenvalue weighted by Gasteiger charge is -2.10. The lowest BCUT2D eigenvalue weighted by Crippen LogP contribution is -2.16. The van der Waals surface area contributed by atoms with Gasteiger partial charge >= 0.3 is 0 Å². The van der Waals surface area contributed by atoms with Crippen LogP contribution < -0.4 is 4.74 Å². The standard InChI is InChI=1S/C16H20O4/c17-9-2-1-3-14-4-6-15(7-5-14)19-11-12-20-16-8-10-18-13-16/h4-7,16-17H,2,8-13H2. The van der Waals surface area contributed by atoms with Gasteiger partial charge in [-0.15, -0.1) is 0 Å². The number of rotatable bonds is 6. The third kappa shape index (κ3) is 5.22. The molecule has 1 unspecified atom stereocenters. The van der Waals surface area contributed by atoms with Crippen LogP contribution in [-0.4, -0.2) is 44.2 Å². The summed E-state index contributed by atoms with van der Waals surface area (Å²) < 4.78 is 16.4. The lowest BCUT2D eigenvalue weighted by molar-refractivity contribution is 0.0265. The van der Waals surface area contributed by atoms with E-state index in [1.54, 1.807) is 0 Å². The van der Waals surface area contributed by atoms with Crippen molar-refractivity contribution in [3.8, 4) is 17.6 Å². The van der Waals surface area contributed by atoms with Crippen LogP contribution in [0.3, 0.4) is 0 Å². The largest absolute Gasteiger partial charge is 0.491 e. The van der Waals surface area contributed by atoms with Crippen molar-refractivity contribution >= 4 is 0 Å². The van der Waals surface area contributed by atoms with Crippen molar-refractivity contribution in [2.24, 2.45) is 0 Å². The minimum absolute atomic E-state index is 0.0974. The van der Waals surface area contributed by atoms with Gasteiger partial charge in [-0.3, -0.25) is 0 Å². The summed E-state index contributed by atoms with van der Waals surface area (Å²) in [6.07, 6.45) is 1.70. The van der Waals surface area contributed by atoms with Gasteiger partial charge in [0.15, 0.2) is 0 Å². The SMILES string of the molecule is OCCC#Cc1ccc(OCCOC2CCOC2)cc1. The molecule has 0 aromatic heterocycles. The van der Waals surface area contributed by atoms with Gasteiger partial charge in [0, 0.05) is 18.6 Å². The fourth-order valence-electron chi connectivity index (χ4n) is 1.87. The molecule has 0 radical (unpaired) electrons. The molecule has 108 valence electrons. The monoisotopic (exact) mass is 276 g/mol. The van der Waals surface area contributed by atoms with Crippen molar-refractivity contribution < 1.29 is 19.3 Å². The Morgan fingerprint density at radius 3 is 2.80 bits per heavy atom. The minimum Gasteiger partial charge on any atom is -0.491 e. The summed E-state index contributed by atoms with van der Waals surface area (Å²) in [5.74, 6) is 6.66. The Labute approximate surface area is 119 Å². The minimum atomic E-state index is 0.0974. The topological polar surface area (TPSA) is 47.9 Å². The van der Waals surface area contributed by atoms with Crippen molar-refractivity contribution in [3.05, 3.63) is 29.8 Å². The Bertz CT molecular complexity index is 438. The summed E-state index contributed by atoms with van der Waals surface area (Å²) in [5.41, 5.74) is 0.921. The van der Waals surface area contributed by atoms with Crippen LogP contribution in [0.2, 0.25) is 0 Å². The summed E-state index contributed by atoms with van der Waals surface area (Å²) >= 11 is 0. The van der Waals surface area contributed by atoms with Crippen molar-refractivity contribution in [1.82, 2.24) is 0 Å². The van der Waals surface area contributed by atoms with E-state index < -0.39 is 0 Å². The van der Waals surface area contributed by atoms with Gasteiger partial charge in [-0.25, -0.2) is 0 Å². The van der Waals surface area contributed by atoms with E-state index >= 15 is 0 Å². The molecule has 1 atom stereocenters. The fourth-order valence-corrected chi connectivity index (χ4v) is 1.87. The second-order valence-electron chi connectivity index (χ2n) is 4.50. The molecule has 1 aromatic rings. The maximum absolute atomic E-state index is 8.65. The molecule has 1 aliphatic rings. The Kier molecular flexibility index (Phi) is 6.39. The zero-order valence-corrected chi connectivity index (χ0v) is 11.5. The first-order chi connectivity index (χ1) is 9.88. The highest BCUT2D eigenvalue weighted by atomic mass is 16.6. The van der Waals surface area contributed by atoms with E-state index in [2.05, 4.69) is 11.8 Å². The van der Waals surface area contributed by atoms with Gasteiger partial charge in [0.1, 0.15) is 12.4 Å². The highest BCUT2D eigenvalue weighted by Crippen LogP contribution is 2.12. The van der Waals surface area contributed by atoms with Crippen LogP contribution >= 0.6 is 0 Å². The molecule has 1 heterocycles. The Morgan fingerprint density at radius 1 is 1.25 bits per heavy atom. The van der Waals surface area contributed by atoms with E-state index in [1.165, 1.54) is 0 Å². The van der Waals surface area contributed by atoms with Crippen LogP contribution in [0.15, 0.2) is 24.3 Å². The Balaban J connectivity index is 1.67. The molecular formula is C16H20O4. The molecule has 20 heavy (non-hydrogen) atoms. The van der Waals surface area contributed by atoms with Gasteiger partial charge in [0.25, 0.3) is 0 Å². The predicted octanol–water partition coefficient (Wildman–Crippen LogP) is 1.60. The molecule has 4 heteroatoms. The molecule has 4 nitrogen and oxygen atoms in total. The molecule has 1 aliphatic heterocycles. The molecule has 2 rings (SSSR count). The van der Waals surface area contributed by atoms with Gasteiger partial charge in [-0.05, 0) is 30.7 Å². The second kappa shape index (κ2) is 8.60. The van der Waals surface area contributed by atoms with E-state index in [-0.39, 0.29) is 12.7 Å². The lowest BCUT2D eigenvalue weighted by atomic mass is 10.2. The number of aliphatic hydroxyl groups excluding tert-OH is 1. The van der Waals surface area contributed by atoms with Crippen molar-refractivity contribution in [2.45, 2.75) is 18.9 Å². The molecule has 0 aliphatic carbocycles. The first-order valence-corrected chi connectivity index (χ1v) is 6.90. The number of hydrogen-bond acceptors (Lipinski definition) is 4. The highest BCUT2D eigenvalue weighted by Gasteiger charge is 2.15. The van der Waals surface area contributed by atoms with Crippen LogP contribution in [0.4, 0.5) is 0 Å². The molecule has 1 saturated heterocycles. The van der Waals surface area contributed by atoms with E-state index in [9.17, 15) is 0 Å². The zero-order chi connectivity index (χ0) is 14.0. The first-order valence-electron chi connectivity index (χ1n) is 6.90. The maximum Gasteiger partial charge on any atom is 0.119 e. The third-order valence-corrected chi connectivity index (χ3v) is 2.92. The van der Waals surface area contributed by atoms with Crippen LogP contribution in [0.5, 0.6) is 5.75 Å². The Morgan fingerprint density at radius 2 is 2.10 bits per heavy atom. The molecule has 0 saturated carbocycles. The van der Waals surface area contributed by atoms with Crippen molar-refractivity contribution in [2.75, 3.05) is 33.0 Å². The van der Waals surface area contributed by atoms with Gasteiger partial charge in [0.2, 0.25) is 0 Å².